The molecule has 0 spiro atoms. The van der Waals surface area contributed by atoms with Crippen LogP contribution in [0.1, 0.15) is 22.3 Å². The molecule has 0 saturated carbocycles. The summed E-state index contributed by atoms with van der Waals surface area (Å²) in [7, 11) is -3.14. The zero-order valence-electron chi connectivity index (χ0n) is 25.6. The van der Waals surface area contributed by atoms with Crippen LogP contribution in [0.5, 0.6) is 0 Å². The molecular weight excluding hydrogens is 589 g/mol. The summed E-state index contributed by atoms with van der Waals surface area (Å²) in [6.07, 6.45) is 3.99. The predicted molar refractivity (Wildman–Crippen MR) is 197 cm³/mol. The van der Waals surface area contributed by atoms with E-state index < -0.39 is 8.07 Å². The van der Waals surface area contributed by atoms with Crippen LogP contribution in [-0.4, -0.2) is 8.07 Å². The number of rotatable bonds is 6. The van der Waals surface area contributed by atoms with Gasteiger partial charge in [0.1, 0.15) is 11.2 Å². The molecule has 8 aromatic rings. The maximum atomic E-state index is 6.40. The van der Waals surface area contributed by atoms with Crippen LogP contribution < -0.4 is 10.4 Å². The maximum absolute atomic E-state index is 6.40. The van der Waals surface area contributed by atoms with Gasteiger partial charge in [0.05, 0.1) is 12.5 Å². The van der Waals surface area contributed by atoms with E-state index in [1.54, 1.807) is 0 Å². The molecule has 2 nitrogen and oxygen atoms in total. The van der Waals surface area contributed by atoms with Crippen molar-refractivity contribution in [3.05, 3.63) is 205 Å². The molecule has 3 heterocycles. The molecule has 0 amide bonds. The van der Waals surface area contributed by atoms with Gasteiger partial charge in [-0.3, -0.25) is 0 Å². The van der Waals surface area contributed by atoms with Crippen LogP contribution in [0, 0.1) is 0 Å². The van der Waals surface area contributed by atoms with Gasteiger partial charge in [-0.15, -0.1) is 0 Å². The zero-order valence-corrected chi connectivity index (χ0v) is 26.6. The van der Waals surface area contributed by atoms with Gasteiger partial charge in [0.25, 0.3) is 0 Å². The van der Waals surface area contributed by atoms with Gasteiger partial charge < -0.3 is 8.83 Å². The van der Waals surface area contributed by atoms with Crippen LogP contribution >= 0.6 is 0 Å². The summed E-state index contributed by atoms with van der Waals surface area (Å²) in [5, 5.41) is 7.50. The molecule has 0 radical (unpaired) electrons. The summed E-state index contributed by atoms with van der Waals surface area (Å²) in [5.74, 6) is 0. The lowest BCUT2D eigenvalue weighted by molar-refractivity contribution is 0.615. The van der Waals surface area contributed by atoms with E-state index in [0.29, 0.717) is 0 Å². The molecule has 6 aromatic carbocycles. The van der Waals surface area contributed by atoms with Crippen LogP contribution in [0.3, 0.4) is 0 Å². The van der Waals surface area contributed by atoms with Gasteiger partial charge in [0.2, 0.25) is 0 Å². The van der Waals surface area contributed by atoms with E-state index in [0.717, 1.165) is 33.1 Å². The number of hydrogen-bond donors (Lipinski definition) is 0. The molecule has 47 heavy (non-hydrogen) atoms. The minimum absolute atomic E-state index is 0.884. The molecule has 0 unspecified atom stereocenters. The van der Waals surface area contributed by atoms with Gasteiger partial charge in [0.15, 0.2) is 8.07 Å². The first kappa shape index (κ1) is 27.4. The summed E-state index contributed by atoms with van der Waals surface area (Å²) < 4.78 is 12.8. The molecule has 0 N–H and O–H groups in total. The highest BCUT2D eigenvalue weighted by Crippen LogP contribution is 2.57. The Morgan fingerprint density at radius 1 is 0.340 bits per heavy atom. The van der Waals surface area contributed by atoms with Crippen molar-refractivity contribution in [3.63, 3.8) is 0 Å². The lowest BCUT2D eigenvalue weighted by Gasteiger charge is -2.35. The minimum atomic E-state index is -3.14. The molecule has 9 rings (SSSR count). The van der Waals surface area contributed by atoms with Crippen LogP contribution in [0.2, 0.25) is 0 Å². The standard InChI is InChI=1S/C44H30O2Si/c1-5-17-31(18-6-1)41-42(32-19-7-2-8-20-32)44(38-30-46-40-28-16-14-26-36(38)40)47(33-21-9-3-10-22-33,34-23-11-4-12-24-34)43(41)37-29-45-39-27-15-13-25-35(37)39/h1-30H. The van der Waals surface area contributed by atoms with Gasteiger partial charge in [-0.1, -0.05) is 158 Å². The van der Waals surface area contributed by atoms with Crippen molar-refractivity contribution in [3.8, 4) is 0 Å². The predicted octanol–water partition coefficient (Wildman–Crippen LogP) is 10.1. The second kappa shape index (κ2) is 11.2. The second-order valence-corrected chi connectivity index (χ2v) is 15.7. The Hall–Kier alpha value is -5.90. The van der Waals surface area contributed by atoms with Gasteiger partial charge in [0, 0.05) is 21.9 Å². The number of allylic oxidation sites excluding steroid dienone is 2. The molecular formula is C44H30O2Si. The fraction of sp³-hybridized carbons (Fsp3) is 0. The first-order chi connectivity index (χ1) is 23.4. The average molecular weight is 619 g/mol. The third kappa shape index (κ3) is 4.17. The lowest BCUT2D eigenvalue weighted by atomic mass is 9.89. The fourth-order valence-electron chi connectivity index (χ4n) is 7.67. The van der Waals surface area contributed by atoms with Crippen molar-refractivity contribution in [2.75, 3.05) is 0 Å². The largest absolute Gasteiger partial charge is 0.464 e. The Bertz CT molecular complexity index is 2260. The smallest absolute Gasteiger partial charge is 0.182 e. The Balaban J connectivity index is 1.58. The van der Waals surface area contributed by atoms with Crippen molar-refractivity contribution >= 4 is 61.9 Å². The quantitative estimate of drug-likeness (QED) is 0.173. The molecule has 2 aromatic heterocycles. The highest BCUT2D eigenvalue weighted by molar-refractivity contribution is 7.29. The van der Waals surface area contributed by atoms with E-state index in [-0.39, 0.29) is 0 Å². The average Bonchev–Trinajstić information content (AvgIpc) is 3.85. The summed E-state index contributed by atoms with van der Waals surface area (Å²) in [5.41, 5.74) is 8.87. The van der Waals surface area contributed by atoms with E-state index in [1.165, 1.54) is 43.0 Å². The number of furan rings is 2. The Morgan fingerprint density at radius 2 is 0.681 bits per heavy atom. The molecule has 0 atom stereocenters. The van der Waals surface area contributed by atoms with E-state index >= 15 is 0 Å². The van der Waals surface area contributed by atoms with E-state index in [1.807, 2.05) is 24.7 Å². The monoisotopic (exact) mass is 618 g/mol. The van der Waals surface area contributed by atoms with E-state index in [2.05, 4.69) is 158 Å². The molecule has 1 aliphatic heterocycles. The second-order valence-electron chi connectivity index (χ2n) is 12.0. The molecule has 0 aliphatic carbocycles. The summed E-state index contributed by atoms with van der Waals surface area (Å²) >= 11 is 0. The Morgan fingerprint density at radius 3 is 1.09 bits per heavy atom. The number of para-hydroxylation sites is 2. The number of benzene rings is 6. The topological polar surface area (TPSA) is 26.3 Å². The van der Waals surface area contributed by atoms with Crippen molar-refractivity contribution < 1.29 is 8.83 Å². The van der Waals surface area contributed by atoms with Crippen molar-refractivity contribution in [1.29, 1.82) is 0 Å². The Labute approximate surface area is 274 Å². The first-order valence-electron chi connectivity index (χ1n) is 16.0. The summed E-state index contributed by atoms with van der Waals surface area (Å²) in [4.78, 5) is 0. The lowest BCUT2D eigenvalue weighted by Crippen LogP contribution is -2.59. The highest BCUT2D eigenvalue weighted by atomic mass is 28.3. The zero-order chi connectivity index (χ0) is 31.2. The van der Waals surface area contributed by atoms with Crippen molar-refractivity contribution in [1.82, 2.24) is 0 Å². The van der Waals surface area contributed by atoms with Gasteiger partial charge in [-0.2, -0.15) is 0 Å². The third-order valence-electron chi connectivity index (χ3n) is 9.54. The molecule has 1 aliphatic rings. The van der Waals surface area contributed by atoms with Crippen LogP contribution in [0.4, 0.5) is 0 Å². The molecule has 0 fully saturated rings. The summed E-state index contributed by atoms with van der Waals surface area (Å²) in [6, 6.07) is 61.0. The van der Waals surface area contributed by atoms with Gasteiger partial charge >= 0.3 is 0 Å². The van der Waals surface area contributed by atoms with E-state index in [9.17, 15) is 0 Å². The fourth-order valence-corrected chi connectivity index (χ4v) is 13.3. The number of hydrogen-bond acceptors (Lipinski definition) is 2. The molecule has 3 heteroatoms. The highest BCUT2D eigenvalue weighted by Gasteiger charge is 2.54. The van der Waals surface area contributed by atoms with Crippen molar-refractivity contribution in [2.45, 2.75) is 0 Å². The third-order valence-corrected chi connectivity index (χ3v) is 14.5. The minimum Gasteiger partial charge on any atom is -0.464 e. The first-order valence-corrected chi connectivity index (χ1v) is 18.0. The number of fused-ring (bicyclic) bond motifs is 2. The van der Waals surface area contributed by atoms with Gasteiger partial charge in [-0.25, -0.2) is 0 Å². The summed E-state index contributed by atoms with van der Waals surface area (Å²) in [6.45, 7) is 0. The molecule has 0 saturated heterocycles. The molecule has 0 bridgehead atoms. The van der Waals surface area contributed by atoms with E-state index in [4.69, 9.17) is 8.83 Å². The van der Waals surface area contributed by atoms with Gasteiger partial charge in [-0.05, 0) is 55.2 Å². The maximum Gasteiger partial charge on any atom is 0.182 e. The Kier molecular flexibility index (Phi) is 6.51. The van der Waals surface area contributed by atoms with Crippen LogP contribution in [0.25, 0.3) is 43.5 Å². The normalized spacial score (nSPS) is 14.4. The van der Waals surface area contributed by atoms with Crippen LogP contribution in [-0.2, 0) is 0 Å². The SMILES string of the molecule is c1ccc(C2=C(c3coc4ccccc34)[Si](c3ccccc3)(c3ccccc3)C(c3coc4ccccc34)=C2c2ccccc2)cc1. The van der Waals surface area contributed by atoms with Crippen molar-refractivity contribution in [2.24, 2.45) is 0 Å². The molecule has 222 valence electrons. The van der Waals surface area contributed by atoms with Crippen LogP contribution in [0.15, 0.2) is 191 Å².